The van der Waals surface area contributed by atoms with E-state index in [-0.39, 0.29) is 11.9 Å². The molecule has 4 heterocycles. The zero-order valence-electron chi connectivity index (χ0n) is 16.8. The van der Waals surface area contributed by atoms with Gasteiger partial charge in [-0.15, -0.1) is 11.3 Å². The van der Waals surface area contributed by atoms with Gasteiger partial charge in [-0.2, -0.15) is 0 Å². The van der Waals surface area contributed by atoms with E-state index in [1.165, 1.54) is 18.9 Å². The molecule has 0 aromatic carbocycles. The molecule has 7 nitrogen and oxygen atoms in total. The van der Waals surface area contributed by atoms with E-state index in [2.05, 4.69) is 30.9 Å². The lowest BCUT2D eigenvalue weighted by Crippen LogP contribution is -2.45. The highest BCUT2D eigenvalue weighted by Crippen LogP contribution is 2.24. The summed E-state index contributed by atoms with van der Waals surface area (Å²) < 4.78 is 14.0. The van der Waals surface area contributed by atoms with Gasteiger partial charge in [-0.05, 0) is 31.4 Å². The van der Waals surface area contributed by atoms with Crippen LogP contribution in [0.2, 0.25) is 0 Å². The Bertz CT molecular complexity index is 834. The Morgan fingerprint density at radius 3 is 2.97 bits per heavy atom. The molecule has 1 unspecified atom stereocenters. The highest BCUT2D eigenvalue weighted by atomic mass is 32.1. The molecule has 29 heavy (non-hydrogen) atoms. The zero-order chi connectivity index (χ0) is 20.1. The molecule has 2 aliphatic rings. The van der Waals surface area contributed by atoms with Gasteiger partial charge in [0.05, 0.1) is 5.69 Å². The summed E-state index contributed by atoms with van der Waals surface area (Å²) in [4.78, 5) is 17.6. The molecule has 2 fully saturated rings. The molecule has 2 N–H and O–H groups in total. The van der Waals surface area contributed by atoms with Crippen molar-refractivity contribution in [2.75, 3.05) is 49.6 Å². The average molecular weight is 418 g/mol. The largest absolute Gasteiger partial charge is 0.356 e. The van der Waals surface area contributed by atoms with Gasteiger partial charge in [0.1, 0.15) is 0 Å². The first-order valence-electron chi connectivity index (χ1n) is 10.2. The van der Waals surface area contributed by atoms with Gasteiger partial charge in [0.2, 0.25) is 0 Å². The van der Waals surface area contributed by atoms with Gasteiger partial charge in [0.15, 0.2) is 22.7 Å². The smallest absolute Gasteiger partial charge is 0.191 e. The molecule has 2 saturated heterocycles. The number of pyridine rings is 1. The fraction of sp³-hybridized carbons (Fsp3) is 0.550. The molecule has 1 atom stereocenters. The Morgan fingerprint density at radius 1 is 1.31 bits per heavy atom. The summed E-state index contributed by atoms with van der Waals surface area (Å²) in [5, 5.41) is 10.1. The van der Waals surface area contributed by atoms with E-state index in [4.69, 9.17) is 4.98 Å². The van der Waals surface area contributed by atoms with Crippen molar-refractivity contribution in [1.29, 1.82) is 0 Å². The minimum atomic E-state index is -0.271. The number of nitrogens with zero attached hydrogens (tertiary/aromatic N) is 5. The SMILES string of the molecule is CN=C(NCCc1csc(N2CCCC2)n1)NC1CCN(c2ncccc2F)C1. The van der Waals surface area contributed by atoms with Crippen LogP contribution in [0.1, 0.15) is 25.0 Å². The van der Waals surface area contributed by atoms with Crippen molar-refractivity contribution in [3.63, 3.8) is 0 Å². The number of guanidine groups is 1. The molecule has 2 aliphatic heterocycles. The first-order valence-corrected chi connectivity index (χ1v) is 11.1. The number of hydrogen-bond acceptors (Lipinski definition) is 6. The Kier molecular flexibility index (Phi) is 6.43. The van der Waals surface area contributed by atoms with E-state index >= 15 is 0 Å². The van der Waals surface area contributed by atoms with Crippen LogP contribution in [-0.4, -0.2) is 61.7 Å². The van der Waals surface area contributed by atoms with Crippen LogP contribution in [0.5, 0.6) is 0 Å². The Labute approximate surface area is 175 Å². The minimum Gasteiger partial charge on any atom is -0.356 e. The van der Waals surface area contributed by atoms with Crippen LogP contribution in [0.4, 0.5) is 15.3 Å². The molecule has 2 aromatic rings. The molecule has 0 amide bonds. The van der Waals surface area contributed by atoms with E-state index in [1.807, 2.05) is 4.90 Å². The van der Waals surface area contributed by atoms with Crippen LogP contribution in [0.3, 0.4) is 0 Å². The Balaban J connectivity index is 1.23. The first kappa shape index (κ1) is 19.9. The molecule has 0 radical (unpaired) electrons. The van der Waals surface area contributed by atoms with Crippen molar-refractivity contribution >= 4 is 28.2 Å². The van der Waals surface area contributed by atoms with E-state index in [0.717, 1.165) is 55.8 Å². The van der Waals surface area contributed by atoms with E-state index in [1.54, 1.807) is 30.6 Å². The third-order valence-electron chi connectivity index (χ3n) is 5.38. The zero-order valence-corrected chi connectivity index (χ0v) is 17.6. The first-order chi connectivity index (χ1) is 14.2. The molecule has 4 rings (SSSR count). The number of rotatable bonds is 6. The molecular weight excluding hydrogens is 389 g/mol. The van der Waals surface area contributed by atoms with Crippen LogP contribution in [-0.2, 0) is 6.42 Å². The molecule has 0 saturated carbocycles. The summed E-state index contributed by atoms with van der Waals surface area (Å²) in [6, 6.07) is 3.29. The monoisotopic (exact) mass is 417 g/mol. The third kappa shape index (κ3) is 4.95. The van der Waals surface area contributed by atoms with Gasteiger partial charge in [0.25, 0.3) is 0 Å². The van der Waals surface area contributed by atoms with Crippen LogP contribution >= 0.6 is 11.3 Å². The lowest BCUT2D eigenvalue weighted by molar-refractivity contribution is 0.612. The predicted octanol–water partition coefficient (Wildman–Crippen LogP) is 2.26. The second-order valence-corrected chi connectivity index (χ2v) is 8.29. The van der Waals surface area contributed by atoms with Gasteiger partial charge in [-0.25, -0.2) is 14.4 Å². The highest BCUT2D eigenvalue weighted by molar-refractivity contribution is 7.13. The number of nitrogens with one attached hydrogen (secondary N) is 2. The third-order valence-corrected chi connectivity index (χ3v) is 6.33. The van der Waals surface area contributed by atoms with E-state index < -0.39 is 0 Å². The number of aliphatic imine (C=N–C) groups is 1. The lowest BCUT2D eigenvalue weighted by Gasteiger charge is -2.19. The molecule has 0 bridgehead atoms. The summed E-state index contributed by atoms with van der Waals surface area (Å²) in [7, 11) is 1.77. The maximum atomic E-state index is 14.0. The number of aromatic nitrogens is 2. The van der Waals surface area contributed by atoms with Crippen molar-refractivity contribution in [1.82, 2.24) is 20.6 Å². The minimum absolute atomic E-state index is 0.212. The van der Waals surface area contributed by atoms with E-state index in [0.29, 0.717) is 12.4 Å². The van der Waals surface area contributed by atoms with Crippen molar-refractivity contribution < 1.29 is 4.39 Å². The predicted molar refractivity (Wildman–Crippen MR) is 117 cm³/mol. The van der Waals surface area contributed by atoms with Crippen LogP contribution in [0.15, 0.2) is 28.7 Å². The summed E-state index contributed by atoms with van der Waals surface area (Å²) in [5.74, 6) is 0.928. The Hall–Kier alpha value is -2.42. The quantitative estimate of drug-likeness (QED) is 0.555. The van der Waals surface area contributed by atoms with Crippen molar-refractivity contribution in [3.8, 4) is 0 Å². The second kappa shape index (κ2) is 9.39. The standard InChI is InChI=1S/C20H28FN7S/c1-22-19(24-9-6-16-14-29-20(26-16)27-10-2-3-11-27)25-15-7-12-28(13-15)18-17(21)5-4-8-23-18/h4-5,8,14-15H,2-3,6-7,9-13H2,1H3,(H2,22,24,25). The number of halogens is 1. The number of thiazole rings is 1. The topological polar surface area (TPSA) is 68.7 Å². The van der Waals surface area contributed by atoms with Gasteiger partial charge < -0.3 is 20.4 Å². The molecule has 0 spiro atoms. The van der Waals surface area contributed by atoms with Gasteiger partial charge in [-0.3, -0.25) is 4.99 Å². The summed E-state index contributed by atoms with van der Waals surface area (Å²) >= 11 is 1.74. The summed E-state index contributed by atoms with van der Waals surface area (Å²) in [6.45, 7) is 4.51. The maximum absolute atomic E-state index is 14.0. The molecular formula is C20H28FN7S. The van der Waals surface area contributed by atoms with Crippen molar-refractivity contribution in [2.24, 2.45) is 4.99 Å². The summed E-state index contributed by atoms with van der Waals surface area (Å²) in [5.41, 5.74) is 1.12. The highest BCUT2D eigenvalue weighted by Gasteiger charge is 2.26. The molecule has 9 heteroatoms. The van der Waals surface area contributed by atoms with Gasteiger partial charge in [0, 0.05) is 63.8 Å². The Morgan fingerprint density at radius 2 is 2.17 bits per heavy atom. The fourth-order valence-corrected chi connectivity index (χ4v) is 4.76. The van der Waals surface area contributed by atoms with Gasteiger partial charge >= 0.3 is 0 Å². The summed E-state index contributed by atoms with van der Waals surface area (Å²) in [6.07, 6.45) is 5.95. The number of hydrogen-bond donors (Lipinski definition) is 2. The van der Waals surface area contributed by atoms with Crippen LogP contribution < -0.4 is 20.4 Å². The average Bonchev–Trinajstić information content (AvgIpc) is 3.49. The second-order valence-electron chi connectivity index (χ2n) is 7.45. The van der Waals surface area contributed by atoms with Crippen molar-refractivity contribution in [3.05, 3.63) is 35.2 Å². The fourth-order valence-electron chi connectivity index (χ4n) is 3.84. The van der Waals surface area contributed by atoms with Crippen LogP contribution in [0.25, 0.3) is 0 Å². The van der Waals surface area contributed by atoms with Gasteiger partial charge in [-0.1, -0.05) is 0 Å². The molecule has 156 valence electrons. The molecule has 2 aromatic heterocycles. The molecule has 0 aliphatic carbocycles. The normalized spacial score (nSPS) is 19.8. The lowest BCUT2D eigenvalue weighted by atomic mass is 10.3. The van der Waals surface area contributed by atoms with Crippen molar-refractivity contribution in [2.45, 2.75) is 31.7 Å². The van der Waals surface area contributed by atoms with E-state index in [9.17, 15) is 4.39 Å². The maximum Gasteiger partial charge on any atom is 0.191 e. The number of anilines is 2. The van der Waals surface area contributed by atoms with Crippen LogP contribution in [0, 0.1) is 5.82 Å².